The van der Waals surface area contributed by atoms with Gasteiger partial charge in [0.05, 0.1) is 0 Å². The third-order valence-electron chi connectivity index (χ3n) is 9.91. The van der Waals surface area contributed by atoms with Gasteiger partial charge >= 0.3 is 0 Å². The van der Waals surface area contributed by atoms with E-state index in [1.807, 2.05) is 6.07 Å². The fourth-order valence-corrected chi connectivity index (χ4v) is 7.99. The Labute approximate surface area is 238 Å². The third-order valence-corrected chi connectivity index (χ3v) is 9.91. The highest BCUT2D eigenvalue weighted by atomic mass is 16.3. The number of allylic oxidation sites excluding steroid dienone is 4. The first kappa shape index (κ1) is 21.9. The number of furan rings is 1. The van der Waals surface area contributed by atoms with E-state index in [2.05, 4.69) is 127 Å². The van der Waals surface area contributed by atoms with E-state index in [0.29, 0.717) is 23.7 Å². The van der Waals surface area contributed by atoms with Crippen molar-refractivity contribution >= 4 is 43.5 Å². The van der Waals surface area contributed by atoms with E-state index in [1.165, 1.54) is 54.7 Å². The molecule has 0 amide bonds. The molecule has 0 saturated heterocycles. The second kappa shape index (κ2) is 7.86. The molecule has 0 radical (unpaired) electrons. The van der Waals surface area contributed by atoms with Crippen LogP contribution in [0.1, 0.15) is 23.0 Å². The quantitative estimate of drug-likeness (QED) is 0.163. The topological polar surface area (TPSA) is 13.1 Å². The Morgan fingerprint density at radius 2 is 0.951 bits per heavy atom. The van der Waals surface area contributed by atoms with Crippen molar-refractivity contribution in [3.63, 3.8) is 0 Å². The summed E-state index contributed by atoms with van der Waals surface area (Å²) in [5.74, 6) is 2.36. The van der Waals surface area contributed by atoms with Gasteiger partial charge in [0.2, 0.25) is 0 Å². The van der Waals surface area contributed by atoms with Crippen LogP contribution in [0.5, 0.6) is 0 Å². The average molecular weight is 523 g/mol. The summed E-state index contributed by atoms with van der Waals surface area (Å²) in [5, 5.41) is 7.48. The van der Waals surface area contributed by atoms with E-state index in [-0.39, 0.29) is 0 Å². The Hall–Kier alpha value is -4.88. The molecule has 1 heterocycles. The van der Waals surface area contributed by atoms with Crippen LogP contribution in [-0.4, -0.2) is 0 Å². The summed E-state index contributed by atoms with van der Waals surface area (Å²) in [6, 6.07) is 40.2. The van der Waals surface area contributed by atoms with Crippen molar-refractivity contribution in [2.24, 2.45) is 11.8 Å². The molecule has 4 aliphatic rings. The summed E-state index contributed by atoms with van der Waals surface area (Å²) >= 11 is 0. The SMILES string of the molecule is C1=CC2C3C=CC1c1ccc(-c4c5ccccc5c(-c5ccc6c(c5)oc5ccccc56)c5ccccc45)cc1C23. The second-order valence-electron chi connectivity index (χ2n) is 12.0. The molecule has 4 aliphatic carbocycles. The van der Waals surface area contributed by atoms with Gasteiger partial charge in [-0.1, -0.05) is 115 Å². The highest BCUT2D eigenvalue weighted by molar-refractivity contribution is 6.22. The zero-order valence-electron chi connectivity index (χ0n) is 22.4. The summed E-state index contributed by atoms with van der Waals surface area (Å²) < 4.78 is 6.32. The van der Waals surface area contributed by atoms with Crippen LogP contribution in [0.2, 0.25) is 0 Å². The summed E-state index contributed by atoms with van der Waals surface area (Å²) in [5.41, 5.74) is 10.0. The average Bonchev–Trinajstić information content (AvgIpc) is 3.71. The molecule has 1 fully saturated rings. The van der Waals surface area contributed by atoms with E-state index in [9.17, 15) is 0 Å². The van der Waals surface area contributed by atoms with Crippen molar-refractivity contribution in [3.05, 3.63) is 145 Å². The Balaban J connectivity index is 1.24. The van der Waals surface area contributed by atoms with Crippen LogP contribution in [-0.2, 0) is 0 Å². The molecule has 1 saturated carbocycles. The number of rotatable bonds is 2. The van der Waals surface area contributed by atoms with E-state index in [1.54, 1.807) is 5.56 Å². The number of benzene rings is 6. The normalized spacial score (nSPS) is 22.0. The van der Waals surface area contributed by atoms with E-state index in [4.69, 9.17) is 4.42 Å². The Bertz CT molecular complexity index is 2220. The van der Waals surface area contributed by atoms with Crippen LogP contribution in [0.3, 0.4) is 0 Å². The lowest BCUT2D eigenvalue weighted by molar-refractivity contribution is 0.669. The molecule has 11 rings (SSSR count). The maximum atomic E-state index is 6.32. The Morgan fingerprint density at radius 1 is 0.415 bits per heavy atom. The van der Waals surface area contributed by atoms with Gasteiger partial charge in [-0.2, -0.15) is 0 Å². The molecule has 4 bridgehead atoms. The molecule has 41 heavy (non-hydrogen) atoms. The van der Waals surface area contributed by atoms with Crippen molar-refractivity contribution in [2.45, 2.75) is 11.8 Å². The molecule has 7 aromatic rings. The maximum Gasteiger partial charge on any atom is 0.136 e. The highest BCUT2D eigenvalue weighted by Crippen LogP contribution is 2.61. The van der Waals surface area contributed by atoms with Crippen LogP contribution in [0.25, 0.3) is 65.7 Å². The first-order valence-electron chi connectivity index (χ1n) is 14.7. The van der Waals surface area contributed by atoms with Crippen LogP contribution >= 0.6 is 0 Å². The molecule has 1 nitrogen and oxygen atoms in total. The van der Waals surface area contributed by atoms with Gasteiger partial charge in [-0.05, 0) is 90.9 Å². The Morgan fingerprint density at radius 3 is 1.61 bits per heavy atom. The minimum Gasteiger partial charge on any atom is -0.456 e. The van der Waals surface area contributed by atoms with Crippen molar-refractivity contribution < 1.29 is 4.42 Å². The van der Waals surface area contributed by atoms with Gasteiger partial charge in [0.1, 0.15) is 11.2 Å². The molecular formula is C40H26O. The van der Waals surface area contributed by atoms with Crippen LogP contribution < -0.4 is 0 Å². The first-order chi connectivity index (χ1) is 20.3. The number of hydrogen-bond acceptors (Lipinski definition) is 1. The predicted octanol–water partition coefficient (Wildman–Crippen LogP) is 10.8. The van der Waals surface area contributed by atoms with Crippen LogP contribution in [0.15, 0.2) is 138 Å². The van der Waals surface area contributed by atoms with Crippen molar-refractivity contribution in [3.8, 4) is 22.3 Å². The standard InChI is InChI=1S/C40H26O/c1-3-10-31-29(8-1)38(24-15-17-26-23-13-19-33-34(20-14-23)40(33)35(26)21-24)30-9-2-4-11-32(30)39(31)25-16-18-28-27-7-5-6-12-36(27)41-37(28)22-25/h1-23,33-34,40H. The predicted molar refractivity (Wildman–Crippen MR) is 170 cm³/mol. The molecular weight excluding hydrogens is 496 g/mol. The summed E-state index contributed by atoms with van der Waals surface area (Å²) in [4.78, 5) is 0. The van der Waals surface area contributed by atoms with Gasteiger partial charge in [0.25, 0.3) is 0 Å². The molecule has 2 atom stereocenters. The van der Waals surface area contributed by atoms with Gasteiger partial charge in [0, 0.05) is 16.7 Å². The molecule has 1 heteroatoms. The first-order valence-corrected chi connectivity index (χ1v) is 14.7. The third kappa shape index (κ3) is 2.96. The van der Waals surface area contributed by atoms with E-state index in [0.717, 1.165) is 16.6 Å². The molecule has 0 N–H and O–H groups in total. The van der Waals surface area contributed by atoms with Crippen molar-refractivity contribution in [1.82, 2.24) is 0 Å². The zero-order chi connectivity index (χ0) is 26.7. The number of para-hydroxylation sites is 1. The molecule has 192 valence electrons. The van der Waals surface area contributed by atoms with E-state index >= 15 is 0 Å². The molecule has 6 aromatic carbocycles. The van der Waals surface area contributed by atoms with Crippen LogP contribution in [0, 0.1) is 11.8 Å². The molecule has 0 aliphatic heterocycles. The van der Waals surface area contributed by atoms with Crippen molar-refractivity contribution in [1.29, 1.82) is 0 Å². The summed E-state index contributed by atoms with van der Waals surface area (Å²) in [6.45, 7) is 0. The van der Waals surface area contributed by atoms with E-state index < -0.39 is 0 Å². The Kier molecular flexibility index (Phi) is 4.20. The summed E-state index contributed by atoms with van der Waals surface area (Å²) in [6.07, 6.45) is 9.78. The lowest BCUT2D eigenvalue weighted by Gasteiger charge is -2.19. The summed E-state index contributed by atoms with van der Waals surface area (Å²) in [7, 11) is 0. The minimum atomic E-state index is 0.406. The zero-order valence-corrected chi connectivity index (χ0v) is 22.4. The fourth-order valence-electron chi connectivity index (χ4n) is 7.99. The molecule has 0 spiro atoms. The highest BCUT2D eigenvalue weighted by Gasteiger charge is 2.51. The smallest absolute Gasteiger partial charge is 0.136 e. The second-order valence-corrected chi connectivity index (χ2v) is 12.0. The molecule has 1 aromatic heterocycles. The van der Waals surface area contributed by atoms with Gasteiger partial charge < -0.3 is 4.42 Å². The fraction of sp³-hybridized carbons (Fsp3) is 0.100. The lowest BCUT2D eigenvalue weighted by atomic mass is 9.84. The van der Waals surface area contributed by atoms with Gasteiger partial charge in [-0.3, -0.25) is 0 Å². The largest absolute Gasteiger partial charge is 0.456 e. The number of hydrogen-bond donors (Lipinski definition) is 0. The van der Waals surface area contributed by atoms with Crippen LogP contribution in [0.4, 0.5) is 0 Å². The van der Waals surface area contributed by atoms with Crippen molar-refractivity contribution in [2.75, 3.05) is 0 Å². The van der Waals surface area contributed by atoms with Gasteiger partial charge in [-0.15, -0.1) is 0 Å². The lowest BCUT2D eigenvalue weighted by Crippen LogP contribution is -1.97. The molecule has 2 unspecified atom stereocenters. The van der Waals surface area contributed by atoms with Gasteiger partial charge in [0.15, 0.2) is 0 Å². The minimum absolute atomic E-state index is 0.406. The maximum absolute atomic E-state index is 6.32. The number of fused-ring (bicyclic) bond motifs is 5. The van der Waals surface area contributed by atoms with Gasteiger partial charge in [-0.25, -0.2) is 0 Å². The monoisotopic (exact) mass is 522 g/mol.